The van der Waals surface area contributed by atoms with Crippen LogP contribution in [0.2, 0.25) is 0 Å². The maximum Gasteiger partial charge on any atom is 0.0547 e. The van der Waals surface area contributed by atoms with E-state index in [4.69, 9.17) is 0 Å². The highest BCUT2D eigenvalue weighted by Crippen LogP contribution is 2.56. The lowest BCUT2D eigenvalue weighted by Gasteiger charge is -2.36. The molecule has 0 amide bonds. The Balaban J connectivity index is 1.11. The summed E-state index contributed by atoms with van der Waals surface area (Å²) in [6.07, 6.45) is 2.24. The third-order valence-corrected chi connectivity index (χ3v) is 12.8. The van der Waals surface area contributed by atoms with Gasteiger partial charge in [-0.2, -0.15) is 0 Å². The van der Waals surface area contributed by atoms with E-state index in [0.29, 0.717) is 0 Å². The monoisotopic (exact) mass is 793 g/mol. The number of fused-ring (bicyclic) bond motifs is 4. The van der Waals surface area contributed by atoms with Crippen molar-refractivity contribution in [2.45, 2.75) is 19.8 Å². The number of nitrogens with zero attached hydrogens (tertiary/aromatic N) is 3. The lowest BCUT2D eigenvalue weighted by Crippen LogP contribution is -2.17. The van der Waals surface area contributed by atoms with Crippen LogP contribution in [0.25, 0.3) is 54.9 Å². The van der Waals surface area contributed by atoms with Gasteiger partial charge in [-0.25, -0.2) is 0 Å². The van der Waals surface area contributed by atoms with Crippen LogP contribution in [-0.4, -0.2) is 0 Å². The summed E-state index contributed by atoms with van der Waals surface area (Å²) >= 11 is 0. The summed E-state index contributed by atoms with van der Waals surface area (Å²) in [6.45, 7) is 2.24. The Morgan fingerprint density at radius 2 is 0.790 bits per heavy atom. The van der Waals surface area contributed by atoms with Gasteiger partial charge in [-0.05, 0) is 107 Å². The summed E-state index contributed by atoms with van der Waals surface area (Å²) in [6, 6.07) is 80.5. The third-order valence-electron chi connectivity index (χ3n) is 12.8. The van der Waals surface area contributed by atoms with Crippen LogP contribution in [0.5, 0.6) is 0 Å². The van der Waals surface area contributed by atoms with E-state index in [2.05, 4.69) is 240 Å². The zero-order valence-electron chi connectivity index (χ0n) is 34.5. The van der Waals surface area contributed by atoms with Crippen molar-refractivity contribution in [2.75, 3.05) is 14.7 Å². The summed E-state index contributed by atoms with van der Waals surface area (Å²) in [7, 11) is 0. The van der Waals surface area contributed by atoms with Crippen molar-refractivity contribution in [1.82, 2.24) is 0 Å². The van der Waals surface area contributed by atoms with Crippen LogP contribution in [0.4, 0.5) is 51.2 Å². The van der Waals surface area contributed by atoms with Crippen LogP contribution < -0.4 is 14.7 Å². The van der Waals surface area contributed by atoms with Gasteiger partial charge in [-0.3, -0.25) is 0 Å². The first-order chi connectivity index (χ1) is 30.7. The van der Waals surface area contributed by atoms with Gasteiger partial charge in [0.1, 0.15) is 0 Å². The van der Waals surface area contributed by atoms with E-state index in [1.54, 1.807) is 0 Å². The molecule has 0 aliphatic carbocycles. The van der Waals surface area contributed by atoms with Crippen LogP contribution in [0, 0.1) is 0 Å². The van der Waals surface area contributed by atoms with Crippen LogP contribution in [0.15, 0.2) is 218 Å². The molecule has 2 aliphatic rings. The van der Waals surface area contributed by atoms with Gasteiger partial charge in [-0.15, -0.1) is 0 Å². The molecule has 10 aromatic carbocycles. The molecule has 0 bridgehead atoms. The van der Waals surface area contributed by atoms with E-state index in [0.717, 1.165) is 41.3 Å². The predicted molar refractivity (Wildman–Crippen MR) is 263 cm³/mol. The molecular formula is C59H43N3. The molecule has 0 fully saturated rings. The molecule has 0 N–H and O–H groups in total. The highest BCUT2D eigenvalue weighted by Gasteiger charge is 2.31. The average molecular weight is 794 g/mol. The van der Waals surface area contributed by atoms with Gasteiger partial charge in [0.25, 0.3) is 0 Å². The van der Waals surface area contributed by atoms with Gasteiger partial charge >= 0.3 is 0 Å². The van der Waals surface area contributed by atoms with E-state index < -0.39 is 0 Å². The topological polar surface area (TPSA) is 9.72 Å². The molecule has 3 heteroatoms. The van der Waals surface area contributed by atoms with Gasteiger partial charge in [0, 0.05) is 49.7 Å². The maximum atomic E-state index is 2.50. The van der Waals surface area contributed by atoms with Gasteiger partial charge in [0.2, 0.25) is 0 Å². The van der Waals surface area contributed by atoms with Crippen LogP contribution >= 0.6 is 0 Å². The Labute approximate surface area is 363 Å². The first kappa shape index (κ1) is 36.0. The summed E-state index contributed by atoms with van der Waals surface area (Å²) < 4.78 is 0. The smallest absolute Gasteiger partial charge is 0.0547 e. The second-order valence-corrected chi connectivity index (χ2v) is 16.4. The molecule has 2 heterocycles. The minimum absolute atomic E-state index is 1.10. The minimum atomic E-state index is 1.10. The molecule has 0 atom stereocenters. The molecule has 0 unspecified atom stereocenters. The van der Waals surface area contributed by atoms with E-state index in [-0.39, 0.29) is 0 Å². The number of rotatable bonds is 8. The minimum Gasteiger partial charge on any atom is -0.309 e. The van der Waals surface area contributed by atoms with Gasteiger partial charge in [0.05, 0.1) is 34.1 Å². The van der Waals surface area contributed by atoms with Crippen molar-refractivity contribution >= 4 is 72.7 Å². The van der Waals surface area contributed by atoms with Crippen molar-refractivity contribution in [1.29, 1.82) is 0 Å². The molecule has 62 heavy (non-hydrogen) atoms. The summed E-state index contributed by atoms with van der Waals surface area (Å²) in [5.41, 5.74) is 19.2. The first-order valence-corrected chi connectivity index (χ1v) is 21.8. The van der Waals surface area contributed by atoms with E-state index in [1.165, 1.54) is 83.2 Å². The summed E-state index contributed by atoms with van der Waals surface area (Å²) in [4.78, 5) is 7.36. The highest BCUT2D eigenvalue weighted by molar-refractivity contribution is 6.21. The fourth-order valence-corrected chi connectivity index (χ4v) is 10.1. The SMILES string of the molecule is CCCc1ccc(-c2ccc(N(c3ccc4c5c(cccc35)N(c3ccccc3)c3ccccc3-4)c3ccc4c5c(cccc35)N(c3ccccc3)c3ccccc3-4)cc2)cc1. The molecule has 0 spiro atoms. The Morgan fingerprint density at radius 3 is 1.27 bits per heavy atom. The van der Waals surface area contributed by atoms with Crippen molar-refractivity contribution < 1.29 is 0 Å². The van der Waals surface area contributed by atoms with Gasteiger partial charge in [-0.1, -0.05) is 159 Å². The average Bonchev–Trinajstić information content (AvgIpc) is 3.34. The molecule has 3 nitrogen and oxygen atoms in total. The summed E-state index contributed by atoms with van der Waals surface area (Å²) in [5.74, 6) is 0. The van der Waals surface area contributed by atoms with Crippen molar-refractivity contribution in [3.63, 3.8) is 0 Å². The van der Waals surface area contributed by atoms with Gasteiger partial charge < -0.3 is 14.7 Å². The lowest BCUT2D eigenvalue weighted by atomic mass is 9.88. The molecule has 0 saturated heterocycles. The highest BCUT2D eigenvalue weighted by atomic mass is 15.2. The first-order valence-electron chi connectivity index (χ1n) is 21.8. The zero-order chi connectivity index (χ0) is 41.1. The Kier molecular flexibility index (Phi) is 8.53. The molecule has 0 radical (unpaired) electrons. The normalized spacial score (nSPS) is 12.3. The number of benzene rings is 10. The van der Waals surface area contributed by atoms with Crippen LogP contribution in [0.1, 0.15) is 18.9 Å². The van der Waals surface area contributed by atoms with E-state index in [9.17, 15) is 0 Å². The second kappa shape index (κ2) is 14.7. The lowest BCUT2D eigenvalue weighted by molar-refractivity contribution is 0.922. The number of hydrogen-bond donors (Lipinski definition) is 0. The van der Waals surface area contributed by atoms with Crippen LogP contribution in [-0.2, 0) is 6.42 Å². The van der Waals surface area contributed by atoms with Gasteiger partial charge in [0.15, 0.2) is 0 Å². The van der Waals surface area contributed by atoms with E-state index in [1.807, 2.05) is 0 Å². The number of para-hydroxylation sites is 4. The number of hydrogen-bond acceptors (Lipinski definition) is 3. The largest absolute Gasteiger partial charge is 0.309 e. The summed E-state index contributed by atoms with van der Waals surface area (Å²) in [5, 5.41) is 4.88. The molecule has 0 aromatic heterocycles. The predicted octanol–water partition coefficient (Wildman–Crippen LogP) is 17.0. The Hall–Kier alpha value is -7.88. The number of aryl methyl sites for hydroxylation is 1. The molecule has 12 rings (SSSR count). The van der Waals surface area contributed by atoms with Crippen molar-refractivity contribution in [2.24, 2.45) is 0 Å². The molecule has 0 saturated carbocycles. The number of anilines is 9. The fourth-order valence-electron chi connectivity index (χ4n) is 10.1. The third kappa shape index (κ3) is 5.66. The quantitative estimate of drug-likeness (QED) is 0.152. The fraction of sp³-hybridized carbons (Fsp3) is 0.0508. The maximum absolute atomic E-state index is 2.50. The molecular weight excluding hydrogens is 751 g/mol. The molecule has 2 aliphatic heterocycles. The Bertz CT molecular complexity index is 3120. The van der Waals surface area contributed by atoms with Crippen molar-refractivity contribution in [3.05, 3.63) is 224 Å². The second-order valence-electron chi connectivity index (χ2n) is 16.4. The zero-order valence-corrected chi connectivity index (χ0v) is 34.5. The van der Waals surface area contributed by atoms with Crippen molar-refractivity contribution in [3.8, 4) is 33.4 Å². The molecule has 294 valence electrons. The van der Waals surface area contributed by atoms with Crippen LogP contribution in [0.3, 0.4) is 0 Å². The standard InChI is InChI=1S/C59H43N3/c1-2-15-40-28-30-41(31-29-40)42-32-34-45(35-33-42)60(54-38-36-48-46-20-9-11-24-52(46)61(43-16-5-3-6-17-43)56-26-13-22-50(54)58(48)56)55-39-37-49-47-21-10-12-25-53(47)62(44-18-7-4-8-19-44)57-27-14-23-51(55)59(49)57/h3-14,16-39H,2,15H2,1H3. The van der Waals surface area contributed by atoms with E-state index >= 15 is 0 Å². The Morgan fingerprint density at radius 1 is 0.355 bits per heavy atom. The molecule has 10 aromatic rings.